The van der Waals surface area contributed by atoms with E-state index >= 15 is 0 Å². The van der Waals surface area contributed by atoms with Gasteiger partial charge in [-0.15, -0.1) is 0 Å². The zero-order chi connectivity index (χ0) is 26.9. The van der Waals surface area contributed by atoms with Crippen molar-refractivity contribution in [3.8, 4) is 39.9 Å². The highest BCUT2D eigenvalue weighted by molar-refractivity contribution is 5.89. The normalized spacial score (nSPS) is 23.5. The van der Waals surface area contributed by atoms with Gasteiger partial charge in [0.05, 0.1) is 18.0 Å². The van der Waals surface area contributed by atoms with Gasteiger partial charge in [-0.3, -0.25) is 9.59 Å². The second-order valence-electron chi connectivity index (χ2n) is 8.21. The number of rotatable bonds is 7. The smallest absolute Gasteiger partial charge is 0.311 e. The van der Waals surface area contributed by atoms with Crippen LogP contribution in [0.3, 0.4) is 0 Å². The van der Waals surface area contributed by atoms with Gasteiger partial charge in [-0.25, -0.2) is 0 Å². The number of aliphatic carboxylic acids is 1. The van der Waals surface area contributed by atoms with Gasteiger partial charge in [0.2, 0.25) is 6.29 Å². The van der Waals surface area contributed by atoms with Crippen LogP contribution in [0.4, 0.5) is 0 Å². The Bertz CT molecular complexity index is 1320. The molecule has 0 spiro atoms. The predicted octanol–water partition coefficient (Wildman–Crippen LogP) is -1.31. The van der Waals surface area contributed by atoms with Gasteiger partial charge in [-0.2, -0.15) is 0 Å². The Kier molecular flexibility index (Phi) is 7.31. The molecule has 4 rings (SSSR count). The molecule has 0 saturated carbocycles. The number of aliphatic hydroxyl groups excluding tert-OH is 3. The van der Waals surface area contributed by atoms with Crippen molar-refractivity contribution in [2.75, 3.05) is 6.61 Å². The van der Waals surface area contributed by atoms with Crippen molar-refractivity contribution in [3.05, 3.63) is 52.7 Å². The summed E-state index contributed by atoms with van der Waals surface area (Å²) in [6.45, 7) is -0.684. The van der Waals surface area contributed by atoms with Crippen molar-refractivity contribution in [2.24, 2.45) is 0 Å². The van der Waals surface area contributed by atoms with Gasteiger partial charge in [0, 0.05) is 17.7 Å². The summed E-state index contributed by atoms with van der Waals surface area (Å²) in [5.41, 5.74) is -0.113. The van der Waals surface area contributed by atoms with E-state index in [1.165, 1.54) is 30.3 Å². The number of carboxylic acid groups (broad SMARTS) is 1. The summed E-state index contributed by atoms with van der Waals surface area (Å²) in [5.74, 6) is -3.47. The molecule has 37 heavy (non-hydrogen) atoms. The van der Waals surface area contributed by atoms with Gasteiger partial charge in [0.15, 0.2) is 16.9 Å². The van der Waals surface area contributed by atoms with Crippen LogP contribution >= 0.6 is 0 Å². The molecule has 0 unspecified atom stereocenters. The third-order valence-corrected chi connectivity index (χ3v) is 5.54. The van der Waals surface area contributed by atoms with Gasteiger partial charge < -0.3 is 54.1 Å². The number of phenolic OH excluding ortho intramolecular Hbond substituents is 2. The lowest BCUT2D eigenvalue weighted by Gasteiger charge is -2.40. The monoisotopic (exact) mass is 517 g/mol. The molecule has 1 aliphatic carbocycles. The number of phenols is 2. The number of aromatic hydroxyl groups is 2. The number of hydrogen-bond donors (Lipinski definition) is 5. The van der Waals surface area contributed by atoms with E-state index in [1.54, 1.807) is 0 Å². The molecule has 2 aliphatic heterocycles. The fraction of sp³-hybridized carbons (Fsp3) is 0.292. The highest BCUT2D eigenvalue weighted by Crippen LogP contribution is 2.41. The first-order valence-corrected chi connectivity index (χ1v) is 10.9. The Morgan fingerprint density at radius 1 is 0.973 bits per heavy atom. The van der Waals surface area contributed by atoms with Crippen molar-refractivity contribution in [1.82, 2.24) is 0 Å². The molecular formula is C24H21O13-. The van der Waals surface area contributed by atoms with Crippen LogP contribution < -0.4 is 15.3 Å². The van der Waals surface area contributed by atoms with E-state index in [0.717, 1.165) is 12.1 Å². The van der Waals surface area contributed by atoms with E-state index in [1.807, 2.05) is 0 Å². The van der Waals surface area contributed by atoms with Gasteiger partial charge >= 0.3 is 5.97 Å². The van der Waals surface area contributed by atoms with Crippen LogP contribution in [0.5, 0.6) is 17.2 Å². The van der Waals surface area contributed by atoms with Crippen molar-refractivity contribution in [3.63, 3.8) is 0 Å². The fourth-order valence-corrected chi connectivity index (χ4v) is 3.70. The number of aliphatic hydroxyl groups is 3. The molecule has 2 heterocycles. The second kappa shape index (κ2) is 10.4. The molecule has 5 N–H and O–H groups in total. The minimum Gasteiger partial charge on any atom is -0.550 e. The number of esters is 1. The zero-order valence-electron chi connectivity index (χ0n) is 18.8. The van der Waals surface area contributed by atoms with Crippen molar-refractivity contribution < 1.29 is 58.9 Å². The Labute approximate surface area is 207 Å². The SMILES string of the molecule is O=C([O-])CC(=O)OC[C@H]1O[C@@H](Oc2cc3c(O)cc(=O)cc-3oc2-c2ccc(O)cc2)[C@H](O)[C@@H](O)[C@@H]1O. The molecule has 3 aliphatic rings. The first-order chi connectivity index (χ1) is 17.5. The first-order valence-electron chi connectivity index (χ1n) is 10.9. The molecule has 0 amide bonds. The molecule has 0 aromatic heterocycles. The van der Waals surface area contributed by atoms with Crippen molar-refractivity contribution >= 4 is 11.9 Å². The summed E-state index contributed by atoms with van der Waals surface area (Å²) in [4.78, 5) is 33.9. The van der Waals surface area contributed by atoms with Crippen LogP contribution in [0.1, 0.15) is 6.42 Å². The van der Waals surface area contributed by atoms with E-state index in [9.17, 15) is 45.0 Å². The largest absolute Gasteiger partial charge is 0.550 e. The van der Waals surface area contributed by atoms with Crippen LogP contribution in [0.2, 0.25) is 0 Å². The Balaban J connectivity index is 1.68. The van der Waals surface area contributed by atoms with Crippen molar-refractivity contribution in [2.45, 2.75) is 37.1 Å². The number of carbonyl (C=O) groups is 2. The molecule has 196 valence electrons. The molecule has 5 atom stereocenters. The summed E-state index contributed by atoms with van der Waals surface area (Å²) in [7, 11) is 0. The summed E-state index contributed by atoms with van der Waals surface area (Å²) in [5, 5.41) is 61.4. The summed E-state index contributed by atoms with van der Waals surface area (Å²) < 4.78 is 21.8. The van der Waals surface area contributed by atoms with E-state index in [0.29, 0.717) is 5.56 Å². The number of ether oxygens (including phenoxy) is 3. The Morgan fingerprint density at radius 3 is 2.35 bits per heavy atom. The molecule has 0 radical (unpaired) electrons. The highest BCUT2D eigenvalue weighted by Gasteiger charge is 2.46. The Morgan fingerprint density at radius 2 is 1.68 bits per heavy atom. The van der Waals surface area contributed by atoms with Crippen molar-refractivity contribution in [1.29, 1.82) is 0 Å². The quantitative estimate of drug-likeness (QED) is 0.182. The summed E-state index contributed by atoms with van der Waals surface area (Å²) >= 11 is 0. The number of carboxylic acids is 1. The molecular weight excluding hydrogens is 496 g/mol. The maximum Gasteiger partial charge on any atom is 0.311 e. The van der Waals surface area contributed by atoms with E-state index in [2.05, 4.69) is 0 Å². The maximum atomic E-state index is 11.9. The molecule has 1 fully saturated rings. The molecule has 1 saturated heterocycles. The van der Waals surface area contributed by atoms with Gasteiger partial charge in [-0.1, -0.05) is 0 Å². The highest BCUT2D eigenvalue weighted by atomic mass is 16.7. The third kappa shape index (κ3) is 5.65. The van der Waals surface area contributed by atoms with Gasteiger partial charge in [-0.05, 0) is 30.3 Å². The van der Waals surface area contributed by atoms with Crippen LogP contribution in [0.15, 0.2) is 51.7 Å². The molecule has 1 aromatic rings. The van der Waals surface area contributed by atoms with Crippen LogP contribution in [0, 0.1) is 0 Å². The number of carbonyl (C=O) groups excluding carboxylic acids is 2. The minimum absolute atomic E-state index is 0.00120. The number of hydrogen-bond acceptors (Lipinski definition) is 13. The minimum atomic E-state index is -1.82. The second-order valence-corrected chi connectivity index (χ2v) is 8.21. The molecule has 13 heteroatoms. The average Bonchev–Trinajstić information content (AvgIpc) is 2.83. The van der Waals surface area contributed by atoms with Crippen LogP contribution in [-0.2, 0) is 19.1 Å². The molecule has 1 aromatic carbocycles. The fourth-order valence-electron chi connectivity index (χ4n) is 3.70. The van der Waals surface area contributed by atoms with E-state index < -0.39 is 66.9 Å². The lowest BCUT2D eigenvalue weighted by atomic mass is 9.99. The third-order valence-electron chi connectivity index (χ3n) is 5.54. The topological polar surface area (TPSA) is 216 Å². The lowest BCUT2D eigenvalue weighted by Crippen LogP contribution is -2.60. The number of fused-ring (bicyclic) bond motifs is 1. The standard InChI is InChI=1S/C24H22O13/c25-11-3-1-10(2-4-11)23-16(7-13-14(27)5-12(26)6-15(13)35-23)36-24-22(33)21(32)20(31)17(37-24)9-34-19(30)8-18(28)29/h1-7,17,20-22,24-25,27,31-33H,8-9H2,(H,28,29)/p-1/t17-,20-,21+,22-,24-/m1/s1. The van der Waals surface area contributed by atoms with Gasteiger partial charge in [0.25, 0.3) is 0 Å². The van der Waals surface area contributed by atoms with E-state index in [4.69, 9.17) is 18.6 Å². The first kappa shape index (κ1) is 25.9. The molecule has 13 nitrogen and oxygen atoms in total. The maximum absolute atomic E-state index is 11.9. The van der Waals surface area contributed by atoms with Crippen LogP contribution in [0.25, 0.3) is 22.6 Å². The zero-order valence-corrected chi connectivity index (χ0v) is 18.8. The predicted molar refractivity (Wildman–Crippen MR) is 118 cm³/mol. The van der Waals surface area contributed by atoms with E-state index in [-0.39, 0.29) is 28.6 Å². The Hall–Kier alpha value is -4.17. The molecule has 0 bridgehead atoms. The van der Waals surface area contributed by atoms with Gasteiger partial charge in [0.1, 0.15) is 48.3 Å². The lowest BCUT2D eigenvalue weighted by molar-refractivity contribution is -0.305. The summed E-state index contributed by atoms with van der Waals surface area (Å²) in [6, 6.07) is 9.00. The number of benzene rings is 2. The van der Waals surface area contributed by atoms with Crippen LogP contribution in [-0.4, -0.2) is 74.8 Å². The average molecular weight is 517 g/mol. The summed E-state index contributed by atoms with van der Waals surface area (Å²) in [6.07, 6.45) is -9.52.